The van der Waals surface area contributed by atoms with Gasteiger partial charge in [0.05, 0.1) is 18.8 Å². The highest BCUT2D eigenvalue weighted by molar-refractivity contribution is 5.89. The van der Waals surface area contributed by atoms with Crippen LogP contribution in [0.2, 0.25) is 0 Å². The molecule has 1 aromatic carbocycles. The highest BCUT2D eigenvalue weighted by Gasteiger charge is 2.05. The third kappa shape index (κ3) is 10.7. The molecule has 0 bridgehead atoms. The monoisotopic (exact) mass is 360 g/mol. The number of hydrogen-bond acceptors (Lipinski definition) is 4. The van der Waals surface area contributed by atoms with Crippen LogP contribution in [0.3, 0.4) is 0 Å². The average molecular weight is 360 g/mol. The molecular weight excluding hydrogens is 328 g/mol. The van der Waals surface area contributed by atoms with Crippen LogP contribution in [-0.4, -0.2) is 25.2 Å². The summed E-state index contributed by atoms with van der Waals surface area (Å²) in [5.74, 6) is -0.529. The van der Waals surface area contributed by atoms with Crippen molar-refractivity contribution < 1.29 is 19.1 Å². The second kappa shape index (κ2) is 14.1. The molecule has 0 spiro atoms. The molecule has 0 atom stereocenters. The molecule has 0 saturated heterocycles. The van der Waals surface area contributed by atoms with Gasteiger partial charge in [-0.3, -0.25) is 0 Å². The van der Waals surface area contributed by atoms with E-state index in [2.05, 4.69) is 6.58 Å². The molecule has 144 valence electrons. The third-order valence-electron chi connectivity index (χ3n) is 4.11. The highest BCUT2D eigenvalue weighted by Crippen LogP contribution is 2.10. The van der Waals surface area contributed by atoms with E-state index in [1.54, 1.807) is 19.1 Å². The zero-order valence-electron chi connectivity index (χ0n) is 16.0. The largest absolute Gasteiger partial charge is 0.462 e. The van der Waals surface area contributed by atoms with Gasteiger partial charge in [-0.05, 0) is 31.9 Å². The first-order valence-corrected chi connectivity index (χ1v) is 9.66. The zero-order chi connectivity index (χ0) is 19.0. The van der Waals surface area contributed by atoms with E-state index in [-0.39, 0.29) is 11.9 Å². The fourth-order valence-corrected chi connectivity index (χ4v) is 2.55. The van der Waals surface area contributed by atoms with E-state index >= 15 is 0 Å². The first-order chi connectivity index (χ1) is 12.6. The third-order valence-corrected chi connectivity index (χ3v) is 4.11. The SMILES string of the molecule is C=C(C)C(=O)OCCCCCCCCCCCOC(=O)c1ccccc1. The van der Waals surface area contributed by atoms with Crippen LogP contribution in [-0.2, 0) is 14.3 Å². The minimum atomic E-state index is -0.292. The van der Waals surface area contributed by atoms with Gasteiger partial charge in [0, 0.05) is 5.57 Å². The molecule has 4 heteroatoms. The summed E-state index contributed by atoms with van der Waals surface area (Å²) < 4.78 is 10.3. The Morgan fingerprint density at radius 3 is 1.73 bits per heavy atom. The van der Waals surface area contributed by atoms with E-state index in [0.717, 1.165) is 25.7 Å². The van der Waals surface area contributed by atoms with Crippen molar-refractivity contribution in [2.75, 3.05) is 13.2 Å². The Kier molecular flexibility index (Phi) is 11.9. The fraction of sp³-hybridized carbons (Fsp3) is 0.545. The highest BCUT2D eigenvalue weighted by atomic mass is 16.5. The van der Waals surface area contributed by atoms with Crippen LogP contribution in [0.15, 0.2) is 42.5 Å². The van der Waals surface area contributed by atoms with Crippen LogP contribution in [0.1, 0.15) is 75.1 Å². The minimum Gasteiger partial charge on any atom is -0.462 e. The van der Waals surface area contributed by atoms with Crippen LogP contribution in [0.5, 0.6) is 0 Å². The second-order valence-electron chi connectivity index (χ2n) is 6.60. The normalized spacial score (nSPS) is 10.3. The molecule has 4 nitrogen and oxygen atoms in total. The van der Waals surface area contributed by atoms with Crippen molar-refractivity contribution in [3.05, 3.63) is 48.0 Å². The number of esters is 2. The second-order valence-corrected chi connectivity index (χ2v) is 6.60. The molecule has 0 unspecified atom stereocenters. The maximum absolute atomic E-state index is 11.7. The molecular formula is C22H32O4. The van der Waals surface area contributed by atoms with Gasteiger partial charge >= 0.3 is 11.9 Å². The van der Waals surface area contributed by atoms with Gasteiger partial charge in [0.25, 0.3) is 0 Å². The van der Waals surface area contributed by atoms with E-state index in [4.69, 9.17) is 9.47 Å². The fourth-order valence-electron chi connectivity index (χ4n) is 2.55. The first kappa shape index (κ1) is 21.9. The van der Waals surface area contributed by atoms with E-state index in [1.165, 1.54) is 32.1 Å². The summed E-state index contributed by atoms with van der Waals surface area (Å²) in [6, 6.07) is 9.10. The van der Waals surface area contributed by atoms with Gasteiger partial charge in [0.15, 0.2) is 0 Å². The standard InChI is InChI=1S/C22H32O4/c1-19(2)21(23)25-17-13-8-6-4-3-5-7-9-14-18-26-22(24)20-15-11-10-12-16-20/h10-12,15-16H,1,3-9,13-14,17-18H2,2H3. The molecule has 0 fully saturated rings. The summed E-state index contributed by atoms with van der Waals surface area (Å²) >= 11 is 0. The van der Waals surface area contributed by atoms with Crippen molar-refractivity contribution >= 4 is 11.9 Å². The number of unbranched alkanes of at least 4 members (excludes halogenated alkanes) is 8. The topological polar surface area (TPSA) is 52.6 Å². The van der Waals surface area contributed by atoms with Crippen LogP contribution >= 0.6 is 0 Å². The van der Waals surface area contributed by atoms with E-state index < -0.39 is 0 Å². The number of carbonyl (C=O) groups is 2. The number of hydrogen-bond donors (Lipinski definition) is 0. The lowest BCUT2D eigenvalue weighted by Crippen LogP contribution is -2.06. The van der Waals surface area contributed by atoms with Gasteiger partial charge in [-0.25, -0.2) is 9.59 Å². The minimum absolute atomic E-state index is 0.237. The summed E-state index contributed by atoms with van der Waals surface area (Å²) in [7, 11) is 0. The molecule has 26 heavy (non-hydrogen) atoms. The van der Waals surface area contributed by atoms with Crippen LogP contribution in [0, 0.1) is 0 Å². The number of benzene rings is 1. The molecule has 0 aliphatic carbocycles. The summed E-state index contributed by atoms with van der Waals surface area (Å²) in [6.07, 6.45) is 10.1. The predicted octanol–water partition coefficient (Wildman–Crippen LogP) is 5.47. The molecule has 0 aromatic heterocycles. The zero-order valence-corrected chi connectivity index (χ0v) is 16.0. The van der Waals surface area contributed by atoms with Crippen molar-refractivity contribution in [1.29, 1.82) is 0 Å². The van der Waals surface area contributed by atoms with Crippen molar-refractivity contribution in [2.45, 2.75) is 64.7 Å². The van der Waals surface area contributed by atoms with Gasteiger partial charge in [0.1, 0.15) is 0 Å². The number of rotatable bonds is 14. The molecule has 0 saturated carbocycles. The number of carbonyl (C=O) groups excluding carboxylic acids is 2. The lowest BCUT2D eigenvalue weighted by atomic mass is 10.1. The summed E-state index contributed by atoms with van der Waals surface area (Å²) in [4.78, 5) is 22.9. The Hall–Kier alpha value is -2.10. The Morgan fingerprint density at radius 1 is 0.769 bits per heavy atom. The summed E-state index contributed by atoms with van der Waals surface area (Å²) in [5.41, 5.74) is 1.07. The predicted molar refractivity (Wildman–Crippen MR) is 104 cm³/mol. The van der Waals surface area contributed by atoms with Gasteiger partial charge in [0.2, 0.25) is 0 Å². The quantitative estimate of drug-likeness (QED) is 0.251. The van der Waals surface area contributed by atoms with Gasteiger partial charge in [-0.1, -0.05) is 69.7 Å². The molecule has 1 rings (SSSR count). The van der Waals surface area contributed by atoms with Crippen molar-refractivity contribution in [3.63, 3.8) is 0 Å². The Morgan fingerprint density at radius 2 is 1.23 bits per heavy atom. The van der Waals surface area contributed by atoms with E-state index in [0.29, 0.717) is 24.4 Å². The summed E-state index contributed by atoms with van der Waals surface area (Å²) in [5, 5.41) is 0. The van der Waals surface area contributed by atoms with Crippen LogP contribution < -0.4 is 0 Å². The summed E-state index contributed by atoms with van der Waals surface area (Å²) in [6.45, 7) is 6.21. The molecule has 0 aliphatic rings. The molecule has 0 N–H and O–H groups in total. The molecule has 1 aromatic rings. The maximum Gasteiger partial charge on any atom is 0.338 e. The van der Waals surface area contributed by atoms with Gasteiger partial charge in [-0.2, -0.15) is 0 Å². The Bertz CT molecular complexity index is 536. The van der Waals surface area contributed by atoms with Crippen LogP contribution in [0.25, 0.3) is 0 Å². The Balaban J connectivity index is 1.83. The van der Waals surface area contributed by atoms with Crippen molar-refractivity contribution in [3.8, 4) is 0 Å². The Labute approximate surface area is 157 Å². The lowest BCUT2D eigenvalue weighted by molar-refractivity contribution is -0.139. The molecule has 0 radical (unpaired) electrons. The van der Waals surface area contributed by atoms with Crippen molar-refractivity contribution in [2.24, 2.45) is 0 Å². The first-order valence-electron chi connectivity index (χ1n) is 9.66. The van der Waals surface area contributed by atoms with Gasteiger partial charge < -0.3 is 9.47 Å². The van der Waals surface area contributed by atoms with E-state index in [1.807, 2.05) is 18.2 Å². The number of ether oxygens (including phenoxy) is 2. The van der Waals surface area contributed by atoms with Crippen molar-refractivity contribution in [1.82, 2.24) is 0 Å². The van der Waals surface area contributed by atoms with Gasteiger partial charge in [-0.15, -0.1) is 0 Å². The molecule has 0 heterocycles. The lowest BCUT2D eigenvalue weighted by Gasteiger charge is -2.05. The molecule has 0 aliphatic heterocycles. The van der Waals surface area contributed by atoms with Crippen LogP contribution in [0.4, 0.5) is 0 Å². The average Bonchev–Trinajstić information content (AvgIpc) is 2.65. The maximum atomic E-state index is 11.7. The van der Waals surface area contributed by atoms with E-state index in [9.17, 15) is 9.59 Å². The molecule has 0 amide bonds. The smallest absolute Gasteiger partial charge is 0.338 e.